The topological polar surface area (TPSA) is 21.3 Å². The highest BCUT2D eigenvalue weighted by Crippen LogP contribution is 2.02. The summed E-state index contributed by atoms with van der Waals surface area (Å²) in [6.07, 6.45) is 5.02. The maximum absolute atomic E-state index is 5.53. The first-order valence-electron chi connectivity index (χ1n) is 4.42. The Morgan fingerprint density at radius 3 is 3.17 bits per heavy atom. The van der Waals surface area contributed by atoms with Crippen LogP contribution in [0.4, 0.5) is 0 Å². The number of nitrogens with one attached hydrogen (secondary N) is 1. The first kappa shape index (κ1) is 9.31. The largest absolute Gasteiger partial charge is 0.372 e. The summed E-state index contributed by atoms with van der Waals surface area (Å²) in [4.78, 5) is 0. The van der Waals surface area contributed by atoms with Gasteiger partial charge in [-0.1, -0.05) is 18.4 Å². The van der Waals surface area contributed by atoms with Gasteiger partial charge in [-0.25, -0.2) is 0 Å². The quantitative estimate of drug-likeness (QED) is 0.489. The summed E-state index contributed by atoms with van der Waals surface area (Å²) in [6, 6.07) is 0. The first-order chi connectivity index (χ1) is 5.93. The van der Waals surface area contributed by atoms with Crippen LogP contribution in [0.15, 0.2) is 23.6 Å². The first-order valence-corrected chi connectivity index (χ1v) is 4.42. The monoisotopic (exact) mass is 165 g/mol. The van der Waals surface area contributed by atoms with Gasteiger partial charge in [0.05, 0.1) is 12.7 Å². The molecule has 0 aromatic heterocycles. The van der Waals surface area contributed by atoms with Crippen molar-refractivity contribution in [2.24, 2.45) is 0 Å². The Kier molecular flexibility index (Phi) is 4.51. The third-order valence-electron chi connectivity index (χ3n) is 1.67. The predicted molar refractivity (Wildman–Crippen MR) is 49.1 cm³/mol. The molecule has 1 atom stereocenters. The lowest BCUT2D eigenvalue weighted by Gasteiger charge is -2.11. The van der Waals surface area contributed by atoms with E-state index in [1.807, 2.05) is 12.2 Å². The predicted octanol–water partition coefficient (Wildman–Crippen LogP) is 1.25. The van der Waals surface area contributed by atoms with Crippen LogP contribution in [-0.4, -0.2) is 25.8 Å². The second-order valence-electron chi connectivity index (χ2n) is 2.66. The Bertz CT molecular complexity index is 210. The summed E-state index contributed by atoms with van der Waals surface area (Å²) >= 11 is 0. The normalized spacial score (nSPS) is 20.2. The summed E-state index contributed by atoms with van der Waals surface area (Å²) in [7, 11) is 0. The highest BCUT2D eigenvalue weighted by atomic mass is 16.5. The standard InChI is InChI=1S/C10H15NO/c1-2-11-8-9-12-10-6-4-3-5-7-10/h4,7,10-11H,2,6,8-9H2,1H3. The van der Waals surface area contributed by atoms with Crippen molar-refractivity contribution >= 4 is 0 Å². The second-order valence-corrected chi connectivity index (χ2v) is 2.66. The van der Waals surface area contributed by atoms with E-state index in [0.717, 1.165) is 26.1 Å². The van der Waals surface area contributed by atoms with Gasteiger partial charge in [0.2, 0.25) is 0 Å². The number of ether oxygens (including phenoxy) is 1. The fourth-order valence-corrected chi connectivity index (χ4v) is 1.02. The molecule has 1 unspecified atom stereocenters. The van der Waals surface area contributed by atoms with E-state index in [9.17, 15) is 0 Å². The Balaban J connectivity index is 2.05. The molecule has 0 amide bonds. The molecule has 0 heterocycles. The van der Waals surface area contributed by atoms with E-state index < -0.39 is 0 Å². The van der Waals surface area contributed by atoms with E-state index >= 15 is 0 Å². The van der Waals surface area contributed by atoms with Crippen LogP contribution < -0.4 is 5.32 Å². The van der Waals surface area contributed by atoms with Gasteiger partial charge in [0.1, 0.15) is 0 Å². The van der Waals surface area contributed by atoms with Gasteiger partial charge in [-0.15, -0.1) is 0 Å². The Hall–Kier alpha value is -0.780. The molecular weight excluding hydrogens is 150 g/mol. The van der Waals surface area contributed by atoms with Gasteiger partial charge in [0, 0.05) is 13.0 Å². The zero-order valence-corrected chi connectivity index (χ0v) is 7.47. The molecule has 0 saturated carbocycles. The number of hydrogen-bond acceptors (Lipinski definition) is 2. The zero-order chi connectivity index (χ0) is 8.65. The fourth-order valence-electron chi connectivity index (χ4n) is 1.02. The zero-order valence-electron chi connectivity index (χ0n) is 7.47. The molecule has 1 rings (SSSR count). The summed E-state index contributed by atoms with van der Waals surface area (Å²) in [6.45, 7) is 4.79. The van der Waals surface area contributed by atoms with Gasteiger partial charge in [0.25, 0.3) is 0 Å². The average molecular weight is 165 g/mol. The van der Waals surface area contributed by atoms with E-state index in [2.05, 4.69) is 23.7 Å². The lowest BCUT2D eigenvalue weighted by atomic mass is 10.2. The van der Waals surface area contributed by atoms with Crippen LogP contribution in [0.5, 0.6) is 0 Å². The molecule has 0 aromatic rings. The highest BCUT2D eigenvalue weighted by Gasteiger charge is 2.02. The van der Waals surface area contributed by atoms with Gasteiger partial charge in [-0.2, -0.15) is 0 Å². The molecule has 1 aliphatic rings. The molecule has 12 heavy (non-hydrogen) atoms. The Morgan fingerprint density at radius 2 is 2.50 bits per heavy atom. The van der Waals surface area contributed by atoms with Crippen LogP contribution in [-0.2, 0) is 4.74 Å². The third-order valence-corrected chi connectivity index (χ3v) is 1.67. The van der Waals surface area contributed by atoms with E-state index in [1.165, 1.54) is 0 Å². The smallest absolute Gasteiger partial charge is 0.0876 e. The number of hydrogen-bond donors (Lipinski definition) is 1. The molecule has 0 bridgehead atoms. The minimum absolute atomic E-state index is 0.213. The van der Waals surface area contributed by atoms with Crippen LogP contribution in [0.3, 0.4) is 0 Å². The molecule has 0 radical (unpaired) electrons. The van der Waals surface area contributed by atoms with Crippen molar-refractivity contribution < 1.29 is 4.74 Å². The van der Waals surface area contributed by atoms with E-state index in [0.29, 0.717) is 0 Å². The lowest BCUT2D eigenvalue weighted by molar-refractivity contribution is 0.0891. The van der Waals surface area contributed by atoms with Crippen molar-refractivity contribution in [2.45, 2.75) is 19.4 Å². The summed E-state index contributed by atoms with van der Waals surface area (Å²) < 4.78 is 5.53. The molecule has 0 saturated heterocycles. The molecule has 0 aliphatic heterocycles. The minimum Gasteiger partial charge on any atom is -0.372 e. The van der Waals surface area contributed by atoms with Crippen LogP contribution in [0.1, 0.15) is 13.3 Å². The molecule has 66 valence electrons. The van der Waals surface area contributed by atoms with Crippen molar-refractivity contribution in [1.82, 2.24) is 5.32 Å². The maximum Gasteiger partial charge on any atom is 0.0876 e. The van der Waals surface area contributed by atoms with Crippen LogP contribution in [0.2, 0.25) is 0 Å². The van der Waals surface area contributed by atoms with E-state index in [1.54, 1.807) is 0 Å². The van der Waals surface area contributed by atoms with Gasteiger partial charge < -0.3 is 10.1 Å². The SMILES string of the molecule is CCNCCOC1C=C=C=CC1. The van der Waals surface area contributed by atoms with Crippen LogP contribution >= 0.6 is 0 Å². The Labute approximate surface area is 73.6 Å². The third kappa shape index (κ3) is 3.56. The summed E-state index contributed by atoms with van der Waals surface area (Å²) in [5.41, 5.74) is 5.79. The van der Waals surface area contributed by atoms with E-state index in [4.69, 9.17) is 4.74 Å². The molecule has 2 nitrogen and oxygen atoms in total. The molecule has 0 aromatic carbocycles. The van der Waals surface area contributed by atoms with Crippen molar-refractivity contribution in [3.63, 3.8) is 0 Å². The number of rotatable bonds is 5. The van der Waals surface area contributed by atoms with Crippen LogP contribution in [0.25, 0.3) is 0 Å². The highest BCUT2D eigenvalue weighted by molar-refractivity contribution is 5.00. The summed E-state index contributed by atoms with van der Waals surface area (Å²) in [5, 5.41) is 3.20. The van der Waals surface area contributed by atoms with Crippen molar-refractivity contribution in [3.8, 4) is 0 Å². The lowest BCUT2D eigenvalue weighted by Crippen LogP contribution is -2.22. The molecule has 2 heteroatoms. The molecule has 0 fully saturated rings. The molecule has 1 aliphatic carbocycles. The Morgan fingerprint density at radius 1 is 1.58 bits per heavy atom. The van der Waals surface area contributed by atoms with Gasteiger partial charge in [-0.3, -0.25) is 0 Å². The van der Waals surface area contributed by atoms with Crippen molar-refractivity contribution in [1.29, 1.82) is 0 Å². The maximum atomic E-state index is 5.53. The fraction of sp³-hybridized carbons (Fsp3) is 0.600. The van der Waals surface area contributed by atoms with E-state index in [-0.39, 0.29) is 6.10 Å². The minimum atomic E-state index is 0.213. The van der Waals surface area contributed by atoms with Crippen LogP contribution in [0, 0.1) is 0 Å². The molecule has 1 N–H and O–H groups in total. The van der Waals surface area contributed by atoms with Gasteiger partial charge >= 0.3 is 0 Å². The summed E-state index contributed by atoms with van der Waals surface area (Å²) in [5.74, 6) is 0. The van der Waals surface area contributed by atoms with Gasteiger partial charge in [-0.05, 0) is 18.7 Å². The number of likely N-dealkylation sites (N-methyl/N-ethyl adjacent to an activating group) is 1. The molecular formula is C10H15NO. The second kappa shape index (κ2) is 5.82. The van der Waals surface area contributed by atoms with Gasteiger partial charge in [0.15, 0.2) is 0 Å². The molecule has 0 spiro atoms. The van der Waals surface area contributed by atoms with Crippen molar-refractivity contribution in [2.75, 3.05) is 19.7 Å². The van der Waals surface area contributed by atoms with Crippen molar-refractivity contribution in [3.05, 3.63) is 23.6 Å². The average Bonchev–Trinajstić information content (AvgIpc) is 2.14.